The van der Waals surface area contributed by atoms with Gasteiger partial charge in [0, 0.05) is 5.56 Å². The van der Waals surface area contributed by atoms with Crippen LogP contribution in [0.5, 0.6) is 5.75 Å². The number of hydrogen-bond donors (Lipinski definition) is 4. The predicted molar refractivity (Wildman–Crippen MR) is 67.9 cm³/mol. The van der Waals surface area contributed by atoms with E-state index >= 15 is 0 Å². The largest absolute Gasteiger partial charge is 0.508 e. The summed E-state index contributed by atoms with van der Waals surface area (Å²) >= 11 is 0. The molecule has 1 aromatic rings. The average Bonchev–Trinajstić information content (AvgIpc) is 2.27. The van der Waals surface area contributed by atoms with Gasteiger partial charge in [0.1, 0.15) is 5.75 Å². The fourth-order valence-electron chi connectivity index (χ4n) is 2.09. The summed E-state index contributed by atoms with van der Waals surface area (Å²) in [5, 5.41) is 17.2. The minimum absolute atomic E-state index is 0.0842. The fraction of sp³-hybridized carbons (Fsp3) is 0.200. The van der Waals surface area contributed by atoms with Crippen molar-refractivity contribution >= 4 is 26.3 Å². The van der Waals surface area contributed by atoms with Crippen LogP contribution in [0.15, 0.2) is 24.3 Å². The molecule has 2 unspecified atom stereocenters. The van der Waals surface area contributed by atoms with Crippen molar-refractivity contribution in [3.63, 3.8) is 0 Å². The maximum Gasteiger partial charge on any atom is 0.300 e. The monoisotopic (exact) mass is 322 g/mol. The van der Waals surface area contributed by atoms with Crippen LogP contribution < -0.4 is 0 Å². The highest BCUT2D eigenvalue weighted by Gasteiger charge is 2.56. The quantitative estimate of drug-likeness (QED) is 0.552. The van der Waals surface area contributed by atoms with Crippen LogP contribution in [0, 0.1) is 0 Å². The van der Waals surface area contributed by atoms with Gasteiger partial charge in [0.2, 0.25) is 4.93 Å². The third-order valence-corrected chi connectivity index (χ3v) is 5.51. The van der Waals surface area contributed by atoms with Crippen molar-refractivity contribution in [1.29, 1.82) is 0 Å². The lowest BCUT2D eigenvalue weighted by atomic mass is 9.94. The van der Waals surface area contributed by atoms with E-state index in [0.717, 1.165) is 12.1 Å². The number of aromatic hydroxyl groups is 1. The highest BCUT2D eigenvalue weighted by atomic mass is 32.2. The molecule has 20 heavy (non-hydrogen) atoms. The molecular weight excluding hydrogens is 312 g/mol. The number of benzene rings is 1. The van der Waals surface area contributed by atoms with E-state index in [9.17, 15) is 31.6 Å². The molecule has 0 amide bonds. The van der Waals surface area contributed by atoms with Gasteiger partial charge in [-0.25, -0.2) is 0 Å². The second-order valence-corrected chi connectivity index (χ2v) is 7.34. The first kappa shape index (κ1) is 14.9. The van der Waals surface area contributed by atoms with Gasteiger partial charge in [-0.05, 0) is 17.7 Å². The van der Waals surface area contributed by atoms with Gasteiger partial charge in [-0.3, -0.25) is 9.11 Å². The first-order valence-electron chi connectivity index (χ1n) is 5.15. The maximum atomic E-state index is 11.4. The van der Waals surface area contributed by atoms with E-state index in [1.165, 1.54) is 12.1 Å². The molecule has 0 saturated carbocycles. The van der Waals surface area contributed by atoms with Crippen LogP contribution in [0.4, 0.5) is 0 Å². The SMILES string of the molecule is O=S(=O)(O)C1c2c(O)cccc2C=CC1(O)S(=O)(=O)O. The predicted octanol–water partition coefficient (Wildman–Crippen LogP) is -0.0757. The van der Waals surface area contributed by atoms with Gasteiger partial charge in [0.15, 0.2) is 5.25 Å². The first-order valence-corrected chi connectivity index (χ1v) is 8.09. The standard InChI is InChI=1S/C10H10O8S2/c11-7-3-1-2-6-4-5-10(12,20(16,17)18)9(8(6)7)19(13,14)15/h1-5,9,11-12H,(H,13,14,15)(H,16,17,18). The minimum atomic E-state index is -5.30. The Morgan fingerprint density at radius 1 is 1.10 bits per heavy atom. The normalized spacial score (nSPS) is 26.2. The van der Waals surface area contributed by atoms with Crippen molar-refractivity contribution < 1.29 is 36.2 Å². The van der Waals surface area contributed by atoms with Crippen molar-refractivity contribution in [2.45, 2.75) is 10.2 Å². The summed E-state index contributed by atoms with van der Waals surface area (Å²) in [5.41, 5.74) is -0.432. The fourth-order valence-corrected chi connectivity index (χ4v) is 4.51. The Balaban J connectivity index is 2.90. The summed E-state index contributed by atoms with van der Waals surface area (Å²) in [6, 6.07) is 3.76. The van der Waals surface area contributed by atoms with Crippen LogP contribution in [0.1, 0.15) is 16.4 Å². The molecule has 0 heterocycles. The second kappa shape index (κ2) is 4.27. The third kappa shape index (κ3) is 2.11. The van der Waals surface area contributed by atoms with Crippen molar-refractivity contribution in [1.82, 2.24) is 0 Å². The molecule has 4 N–H and O–H groups in total. The van der Waals surface area contributed by atoms with E-state index in [1.54, 1.807) is 0 Å². The molecule has 8 nitrogen and oxygen atoms in total. The molecule has 1 aliphatic rings. The number of phenols is 1. The molecule has 0 spiro atoms. The molecule has 2 atom stereocenters. The Hall–Kier alpha value is -1.46. The Morgan fingerprint density at radius 3 is 2.20 bits per heavy atom. The number of aliphatic hydroxyl groups is 1. The summed E-state index contributed by atoms with van der Waals surface area (Å²) in [5.74, 6) is -0.642. The lowest BCUT2D eigenvalue weighted by molar-refractivity contribution is 0.149. The van der Waals surface area contributed by atoms with Crippen molar-refractivity contribution in [2.75, 3.05) is 0 Å². The van der Waals surface area contributed by atoms with Gasteiger partial charge < -0.3 is 10.2 Å². The number of fused-ring (bicyclic) bond motifs is 1. The molecule has 0 fully saturated rings. The molecule has 1 aliphatic carbocycles. The van der Waals surface area contributed by atoms with Crippen LogP contribution in [0.3, 0.4) is 0 Å². The third-order valence-electron chi connectivity index (χ3n) is 2.97. The summed E-state index contributed by atoms with van der Waals surface area (Å²) in [6.07, 6.45) is 1.55. The van der Waals surface area contributed by atoms with Gasteiger partial charge >= 0.3 is 10.1 Å². The molecule has 0 radical (unpaired) electrons. The molecular formula is C10H10O8S2. The molecule has 10 heteroatoms. The van der Waals surface area contributed by atoms with Crippen LogP contribution >= 0.6 is 0 Å². The van der Waals surface area contributed by atoms with Gasteiger partial charge in [-0.15, -0.1) is 0 Å². The van der Waals surface area contributed by atoms with Crippen LogP contribution in [-0.2, 0) is 20.2 Å². The summed E-state index contributed by atoms with van der Waals surface area (Å²) < 4.78 is 63.7. The van der Waals surface area contributed by atoms with Gasteiger partial charge in [0.05, 0.1) is 0 Å². The van der Waals surface area contributed by atoms with E-state index in [2.05, 4.69) is 0 Å². The van der Waals surface area contributed by atoms with Crippen LogP contribution in [0.25, 0.3) is 6.08 Å². The highest BCUT2D eigenvalue weighted by molar-refractivity contribution is 7.90. The van der Waals surface area contributed by atoms with Gasteiger partial charge in [-0.1, -0.05) is 18.2 Å². The topological polar surface area (TPSA) is 149 Å². The zero-order valence-corrected chi connectivity index (χ0v) is 11.3. The van der Waals surface area contributed by atoms with Gasteiger partial charge in [-0.2, -0.15) is 16.8 Å². The zero-order valence-electron chi connectivity index (χ0n) is 9.70. The number of phenolic OH excluding ortho intramolecular Hbond substituents is 1. The van der Waals surface area contributed by atoms with E-state index in [-0.39, 0.29) is 5.56 Å². The zero-order chi connectivity index (χ0) is 15.3. The Morgan fingerprint density at radius 2 is 1.70 bits per heavy atom. The molecule has 2 rings (SSSR count). The van der Waals surface area contributed by atoms with Crippen molar-refractivity contribution in [3.05, 3.63) is 35.4 Å². The van der Waals surface area contributed by atoms with Crippen LogP contribution in [-0.4, -0.2) is 41.1 Å². The second-order valence-electron chi connectivity index (χ2n) is 4.24. The molecule has 0 aromatic heterocycles. The molecule has 0 bridgehead atoms. The molecule has 0 aliphatic heterocycles. The Labute approximate surface area is 114 Å². The summed E-state index contributed by atoms with van der Waals surface area (Å²) in [6.45, 7) is 0. The van der Waals surface area contributed by atoms with Crippen LogP contribution in [0.2, 0.25) is 0 Å². The lowest BCUT2D eigenvalue weighted by Gasteiger charge is -2.32. The summed E-state index contributed by atoms with van der Waals surface area (Å²) in [4.78, 5) is -3.30. The molecule has 1 aromatic carbocycles. The smallest absolute Gasteiger partial charge is 0.300 e. The maximum absolute atomic E-state index is 11.4. The van der Waals surface area contributed by atoms with Crippen molar-refractivity contribution in [2.24, 2.45) is 0 Å². The number of rotatable bonds is 2. The Bertz CT molecular complexity index is 793. The average molecular weight is 322 g/mol. The number of hydrogen-bond acceptors (Lipinski definition) is 6. The van der Waals surface area contributed by atoms with E-state index in [4.69, 9.17) is 4.55 Å². The lowest BCUT2D eigenvalue weighted by Crippen LogP contribution is -2.47. The molecule has 110 valence electrons. The van der Waals surface area contributed by atoms with E-state index < -0.39 is 41.7 Å². The highest BCUT2D eigenvalue weighted by Crippen LogP contribution is 2.46. The van der Waals surface area contributed by atoms with Gasteiger partial charge in [0.25, 0.3) is 10.1 Å². The summed E-state index contributed by atoms with van der Waals surface area (Å²) in [7, 11) is -10.5. The van der Waals surface area contributed by atoms with E-state index in [0.29, 0.717) is 6.08 Å². The molecule has 0 saturated heterocycles. The van der Waals surface area contributed by atoms with E-state index in [1.807, 2.05) is 0 Å². The minimum Gasteiger partial charge on any atom is -0.508 e. The Kier molecular flexibility index (Phi) is 3.19. The van der Waals surface area contributed by atoms with Crippen molar-refractivity contribution in [3.8, 4) is 5.75 Å². The first-order chi connectivity index (χ1) is 8.98.